The molecule has 1 atom stereocenters. The first kappa shape index (κ1) is 17.1. The van der Waals surface area contributed by atoms with Gasteiger partial charge in [-0.05, 0) is 37.9 Å². The van der Waals surface area contributed by atoms with Crippen LogP contribution in [-0.2, 0) is 0 Å². The summed E-state index contributed by atoms with van der Waals surface area (Å²) < 4.78 is 6.80. The summed E-state index contributed by atoms with van der Waals surface area (Å²) in [6.07, 6.45) is 7.11. The Morgan fingerprint density at radius 2 is 2.20 bits per heavy atom. The van der Waals surface area contributed by atoms with Gasteiger partial charge in [-0.3, -0.25) is 4.79 Å². The van der Waals surface area contributed by atoms with E-state index in [0.717, 1.165) is 35.8 Å². The number of H-pyrrole nitrogens is 1. The van der Waals surface area contributed by atoms with Crippen molar-refractivity contribution in [1.82, 2.24) is 20.6 Å². The Hall–Kier alpha value is -1.38. The second-order valence-electron chi connectivity index (χ2n) is 8.01. The number of hydrogen-bond donors (Lipinski definition) is 3. The van der Waals surface area contributed by atoms with E-state index in [1.807, 2.05) is 6.07 Å². The van der Waals surface area contributed by atoms with Gasteiger partial charge in [0.15, 0.2) is 5.65 Å². The summed E-state index contributed by atoms with van der Waals surface area (Å²) in [6, 6.07) is 3.20. The standard InChI is InChI=1S/C17H26N4O2SSi/c1-25(2)8-4-7-14(18-10-25)20-16(22)12-9-13-15(19-12)21-17(24-13)23-11-5-3-6-11/h9,11,14,18-19H,3-8,10H2,1-2H3,(H,20,22). The molecule has 2 aromatic rings. The van der Waals surface area contributed by atoms with Gasteiger partial charge in [-0.1, -0.05) is 36.9 Å². The number of carbonyl (C=O) groups excluding carboxylic acids is 1. The molecule has 0 spiro atoms. The van der Waals surface area contributed by atoms with Gasteiger partial charge < -0.3 is 20.4 Å². The molecule has 2 fully saturated rings. The highest BCUT2D eigenvalue weighted by Crippen LogP contribution is 2.32. The van der Waals surface area contributed by atoms with Crippen molar-refractivity contribution in [3.05, 3.63) is 11.8 Å². The zero-order chi connectivity index (χ0) is 17.4. The lowest BCUT2D eigenvalue weighted by Crippen LogP contribution is -2.49. The number of nitrogens with zero attached hydrogens (tertiary/aromatic N) is 1. The molecular formula is C17H26N4O2SSi. The number of amides is 1. The first-order valence-corrected chi connectivity index (χ1v) is 13.4. The van der Waals surface area contributed by atoms with E-state index in [1.165, 1.54) is 30.2 Å². The Balaban J connectivity index is 1.39. The van der Waals surface area contributed by atoms with Crippen molar-refractivity contribution < 1.29 is 9.53 Å². The molecule has 1 unspecified atom stereocenters. The Morgan fingerprint density at radius 3 is 2.92 bits per heavy atom. The molecule has 2 aromatic heterocycles. The van der Waals surface area contributed by atoms with Crippen LogP contribution in [-0.4, -0.2) is 42.4 Å². The SMILES string of the molecule is C[Si]1(C)CCCC(NC(=O)c2cc3sc(OC4CCC4)nc3[nH]2)NC1. The van der Waals surface area contributed by atoms with Crippen LogP contribution in [0.3, 0.4) is 0 Å². The van der Waals surface area contributed by atoms with E-state index >= 15 is 0 Å². The van der Waals surface area contributed by atoms with Crippen LogP contribution in [0.25, 0.3) is 10.3 Å². The maximum absolute atomic E-state index is 12.5. The van der Waals surface area contributed by atoms with Crippen molar-refractivity contribution in [2.75, 3.05) is 6.17 Å². The van der Waals surface area contributed by atoms with Crippen molar-refractivity contribution in [3.8, 4) is 5.19 Å². The molecule has 4 rings (SSSR count). The highest BCUT2D eigenvalue weighted by molar-refractivity contribution is 7.20. The molecule has 1 amide bonds. The van der Waals surface area contributed by atoms with E-state index in [0.29, 0.717) is 17.0 Å². The van der Waals surface area contributed by atoms with Crippen molar-refractivity contribution in [3.63, 3.8) is 0 Å². The predicted octanol–water partition coefficient (Wildman–Crippen LogP) is 3.24. The van der Waals surface area contributed by atoms with Crippen LogP contribution < -0.4 is 15.4 Å². The van der Waals surface area contributed by atoms with Gasteiger partial charge in [0.05, 0.1) is 18.9 Å². The van der Waals surface area contributed by atoms with E-state index < -0.39 is 8.07 Å². The Bertz CT molecular complexity index is 736. The number of aromatic nitrogens is 2. The fourth-order valence-electron chi connectivity index (χ4n) is 3.33. The molecular weight excluding hydrogens is 352 g/mol. The van der Waals surface area contributed by atoms with Crippen LogP contribution >= 0.6 is 11.3 Å². The maximum Gasteiger partial charge on any atom is 0.276 e. The summed E-state index contributed by atoms with van der Waals surface area (Å²) in [5, 5.41) is 7.35. The third-order valence-electron chi connectivity index (χ3n) is 5.21. The monoisotopic (exact) mass is 378 g/mol. The average Bonchev–Trinajstić information content (AvgIpc) is 3.01. The van der Waals surface area contributed by atoms with Gasteiger partial charge in [0, 0.05) is 0 Å². The fraction of sp³-hybridized carbons (Fsp3) is 0.647. The van der Waals surface area contributed by atoms with Gasteiger partial charge in [-0.2, -0.15) is 4.98 Å². The quantitative estimate of drug-likeness (QED) is 0.714. The average molecular weight is 379 g/mol. The predicted molar refractivity (Wildman–Crippen MR) is 103 cm³/mol. The minimum Gasteiger partial charge on any atom is -0.467 e. The number of rotatable bonds is 4. The van der Waals surface area contributed by atoms with E-state index in [2.05, 4.69) is 33.7 Å². The summed E-state index contributed by atoms with van der Waals surface area (Å²) in [7, 11) is -1.14. The Morgan fingerprint density at radius 1 is 1.36 bits per heavy atom. The molecule has 136 valence electrons. The van der Waals surface area contributed by atoms with Gasteiger partial charge in [-0.15, -0.1) is 0 Å². The van der Waals surface area contributed by atoms with Crippen LogP contribution in [0.5, 0.6) is 5.19 Å². The minimum atomic E-state index is -1.14. The van der Waals surface area contributed by atoms with Gasteiger partial charge in [0.2, 0.25) is 0 Å². The summed E-state index contributed by atoms with van der Waals surface area (Å²) in [5.74, 6) is -0.0643. The van der Waals surface area contributed by atoms with Gasteiger partial charge in [-0.25, -0.2) is 0 Å². The molecule has 25 heavy (non-hydrogen) atoms. The number of thiazole rings is 1. The lowest BCUT2D eigenvalue weighted by Gasteiger charge is -2.24. The second-order valence-corrected chi connectivity index (χ2v) is 14.2. The van der Waals surface area contributed by atoms with Gasteiger partial charge >= 0.3 is 0 Å². The summed E-state index contributed by atoms with van der Waals surface area (Å²) >= 11 is 1.51. The van der Waals surface area contributed by atoms with Crippen LogP contribution in [0.1, 0.15) is 42.6 Å². The van der Waals surface area contributed by atoms with Crippen molar-refractivity contribution in [2.24, 2.45) is 0 Å². The maximum atomic E-state index is 12.5. The minimum absolute atomic E-state index is 0.0635. The molecule has 0 aromatic carbocycles. The van der Waals surface area contributed by atoms with Gasteiger partial charge in [0.1, 0.15) is 11.8 Å². The van der Waals surface area contributed by atoms with Crippen molar-refractivity contribution in [2.45, 2.75) is 63.5 Å². The van der Waals surface area contributed by atoms with Crippen LogP contribution in [0.2, 0.25) is 19.1 Å². The lowest BCUT2D eigenvalue weighted by molar-refractivity contribution is 0.0924. The van der Waals surface area contributed by atoms with Gasteiger partial charge in [0.25, 0.3) is 11.1 Å². The van der Waals surface area contributed by atoms with E-state index in [9.17, 15) is 4.79 Å². The molecule has 0 bridgehead atoms. The van der Waals surface area contributed by atoms with Crippen LogP contribution in [0.4, 0.5) is 0 Å². The smallest absolute Gasteiger partial charge is 0.276 e. The molecule has 1 aliphatic heterocycles. The normalized spacial score (nSPS) is 23.8. The molecule has 6 nitrogen and oxygen atoms in total. The highest BCUT2D eigenvalue weighted by Gasteiger charge is 2.27. The molecule has 3 heterocycles. The number of ether oxygens (including phenoxy) is 1. The number of hydrogen-bond acceptors (Lipinski definition) is 5. The summed E-state index contributed by atoms with van der Waals surface area (Å²) in [5.41, 5.74) is 1.32. The number of carbonyl (C=O) groups is 1. The summed E-state index contributed by atoms with van der Waals surface area (Å²) in [4.78, 5) is 20.2. The number of aromatic amines is 1. The van der Waals surface area contributed by atoms with Crippen molar-refractivity contribution >= 4 is 35.7 Å². The third-order valence-corrected chi connectivity index (χ3v) is 8.97. The molecule has 1 aliphatic carbocycles. The zero-order valence-electron chi connectivity index (χ0n) is 14.9. The number of fused-ring (bicyclic) bond motifs is 1. The zero-order valence-corrected chi connectivity index (χ0v) is 16.7. The summed E-state index contributed by atoms with van der Waals surface area (Å²) in [6.45, 7) is 4.80. The second kappa shape index (κ2) is 6.73. The number of nitrogens with one attached hydrogen (secondary N) is 3. The molecule has 1 saturated carbocycles. The highest BCUT2D eigenvalue weighted by atomic mass is 32.1. The molecule has 3 N–H and O–H groups in total. The largest absolute Gasteiger partial charge is 0.467 e. The topological polar surface area (TPSA) is 79.0 Å². The first-order chi connectivity index (χ1) is 12.0. The molecule has 1 saturated heterocycles. The van der Waals surface area contributed by atoms with E-state index in [-0.39, 0.29) is 12.1 Å². The van der Waals surface area contributed by atoms with E-state index in [1.54, 1.807) is 0 Å². The van der Waals surface area contributed by atoms with Crippen molar-refractivity contribution in [1.29, 1.82) is 0 Å². The molecule has 8 heteroatoms. The first-order valence-electron chi connectivity index (χ1n) is 9.19. The van der Waals surface area contributed by atoms with Crippen LogP contribution in [0, 0.1) is 0 Å². The van der Waals surface area contributed by atoms with Crippen LogP contribution in [0.15, 0.2) is 6.07 Å². The third kappa shape index (κ3) is 3.90. The lowest BCUT2D eigenvalue weighted by atomic mass is 9.96. The molecule has 2 aliphatic rings. The van der Waals surface area contributed by atoms with E-state index in [4.69, 9.17) is 4.74 Å². The fourth-order valence-corrected chi connectivity index (χ4v) is 6.35. The molecule has 0 radical (unpaired) electrons. The Labute approximate surface area is 152 Å². The Kier molecular flexibility index (Phi) is 4.59.